The Morgan fingerprint density at radius 1 is 0.962 bits per heavy atom. The SMILES string of the molecule is CCCCCOc1ccc(C=CC(=O)c2ccc(SCCC)cc2)cc1. The number of ether oxygens (including phenoxy) is 1. The minimum absolute atomic E-state index is 0.0249. The van der Waals surface area contributed by atoms with E-state index in [2.05, 4.69) is 13.8 Å². The molecule has 0 saturated heterocycles. The van der Waals surface area contributed by atoms with Gasteiger partial charge in [-0.25, -0.2) is 0 Å². The van der Waals surface area contributed by atoms with Gasteiger partial charge in [0.05, 0.1) is 6.61 Å². The summed E-state index contributed by atoms with van der Waals surface area (Å²) in [4.78, 5) is 13.5. The second-order valence-electron chi connectivity index (χ2n) is 6.20. The topological polar surface area (TPSA) is 26.3 Å². The van der Waals surface area contributed by atoms with E-state index < -0.39 is 0 Å². The number of unbranched alkanes of at least 4 members (excludes halogenated alkanes) is 2. The summed E-state index contributed by atoms with van der Waals surface area (Å²) in [5, 5.41) is 0. The lowest BCUT2D eigenvalue weighted by molar-refractivity contribution is 0.104. The van der Waals surface area contributed by atoms with E-state index in [4.69, 9.17) is 4.74 Å². The van der Waals surface area contributed by atoms with Gasteiger partial charge in [-0.15, -0.1) is 11.8 Å². The maximum absolute atomic E-state index is 12.3. The number of ketones is 1. The van der Waals surface area contributed by atoms with Crippen molar-refractivity contribution in [3.8, 4) is 5.75 Å². The zero-order chi connectivity index (χ0) is 18.6. The van der Waals surface area contributed by atoms with Crippen LogP contribution in [0.25, 0.3) is 6.08 Å². The van der Waals surface area contributed by atoms with Gasteiger partial charge in [-0.2, -0.15) is 0 Å². The molecule has 0 saturated carbocycles. The van der Waals surface area contributed by atoms with Crippen LogP contribution >= 0.6 is 11.8 Å². The number of carbonyl (C=O) groups excluding carboxylic acids is 1. The lowest BCUT2D eigenvalue weighted by atomic mass is 10.1. The smallest absolute Gasteiger partial charge is 0.185 e. The molecular formula is C23H28O2S. The number of hydrogen-bond donors (Lipinski definition) is 0. The first-order chi connectivity index (χ1) is 12.7. The van der Waals surface area contributed by atoms with E-state index >= 15 is 0 Å². The third-order valence-corrected chi connectivity index (χ3v) is 5.15. The van der Waals surface area contributed by atoms with Crippen molar-refractivity contribution in [1.82, 2.24) is 0 Å². The highest BCUT2D eigenvalue weighted by molar-refractivity contribution is 7.99. The van der Waals surface area contributed by atoms with E-state index in [0.29, 0.717) is 0 Å². The molecule has 0 N–H and O–H groups in total. The number of hydrogen-bond acceptors (Lipinski definition) is 3. The molecule has 0 bridgehead atoms. The van der Waals surface area contributed by atoms with Gasteiger partial charge >= 0.3 is 0 Å². The molecule has 2 nitrogen and oxygen atoms in total. The standard InChI is InChI=1S/C23H28O2S/c1-3-5-6-17-25-21-12-7-19(8-13-21)9-16-23(24)20-10-14-22(15-11-20)26-18-4-2/h7-16H,3-6,17-18H2,1-2H3. The normalized spacial score (nSPS) is 11.0. The Morgan fingerprint density at radius 2 is 1.69 bits per heavy atom. The first kappa shape index (κ1) is 20.3. The van der Waals surface area contributed by atoms with Gasteiger partial charge in [0.15, 0.2) is 5.78 Å². The molecule has 2 rings (SSSR count). The van der Waals surface area contributed by atoms with Crippen molar-refractivity contribution in [3.63, 3.8) is 0 Å². The number of benzene rings is 2. The van der Waals surface area contributed by atoms with Gasteiger partial charge in [-0.1, -0.05) is 44.9 Å². The van der Waals surface area contributed by atoms with Crippen LogP contribution in [0.3, 0.4) is 0 Å². The van der Waals surface area contributed by atoms with E-state index in [-0.39, 0.29) is 5.78 Å². The Labute approximate surface area is 161 Å². The molecule has 0 unspecified atom stereocenters. The minimum atomic E-state index is 0.0249. The highest BCUT2D eigenvalue weighted by Crippen LogP contribution is 2.20. The largest absolute Gasteiger partial charge is 0.494 e. The third kappa shape index (κ3) is 7.09. The van der Waals surface area contributed by atoms with Crippen LogP contribution in [0.5, 0.6) is 5.75 Å². The monoisotopic (exact) mass is 368 g/mol. The van der Waals surface area contributed by atoms with E-state index in [1.807, 2.05) is 66.4 Å². The average molecular weight is 369 g/mol. The van der Waals surface area contributed by atoms with Crippen LogP contribution in [0.1, 0.15) is 55.5 Å². The number of allylic oxidation sites excluding steroid dienone is 1. The molecule has 0 aliphatic heterocycles. The lowest BCUT2D eigenvalue weighted by Crippen LogP contribution is -1.96. The highest BCUT2D eigenvalue weighted by Gasteiger charge is 2.02. The molecule has 138 valence electrons. The van der Waals surface area contributed by atoms with Gasteiger partial charge in [0, 0.05) is 10.5 Å². The summed E-state index contributed by atoms with van der Waals surface area (Å²) < 4.78 is 5.70. The van der Waals surface area contributed by atoms with Crippen molar-refractivity contribution < 1.29 is 9.53 Å². The van der Waals surface area contributed by atoms with E-state index in [1.54, 1.807) is 6.08 Å². The summed E-state index contributed by atoms with van der Waals surface area (Å²) in [6.45, 7) is 5.11. The molecule has 0 radical (unpaired) electrons. The molecule has 0 amide bonds. The summed E-state index contributed by atoms with van der Waals surface area (Å²) in [5.41, 5.74) is 1.72. The van der Waals surface area contributed by atoms with Crippen LogP contribution < -0.4 is 4.74 Å². The van der Waals surface area contributed by atoms with Crippen molar-refractivity contribution in [3.05, 3.63) is 65.7 Å². The van der Waals surface area contributed by atoms with Crippen LogP contribution in [0.15, 0.2) is 59.5 Å². The summed E-state index contributed by atoms with van der Waals surface area (Å²) in [6.07, 6.45) is 8.11. The molecule has 0 fully saturated rings. The summed E-state index contributed by atoms with van der Waals surface area (Å²) in [6, 6.07) is 15.7. The van der Waals surface area contributed by atoms with Crippen LogP contribution in [-0.2, 0) is 0 Å². The van der Waals surface area contributed by atoms with Crippen molar-refractivity contribution in [2.45, 2.75) is 44.4 Å². The Hall–Kier alpha value is -2.00. The van der Waals surface area contributed by atoms with Crippen molar-refractivity contribution in [2.75, 3.05) is 12.4 Å². The Morgan fingerprint density at radius 3 is 2.35 bits per heavy atom. The fraction of sp³-hybridized carbons (Fsp3) is 0.348. The number of thioether (sulfide) groups is 1. The molecule has 26 heavy (non-hydrogen) atoms. The molecule has 0 aromatic heterocycles. The van der Waals surface area contributed by atoms with E-state index in [0.717, 1.165) is 42.1 Å². The number of carbonyl (C=O) groups is 1. The average Bonchev–Trinajstić information content (AvgIpc) is 2.69. The highest BCUT2D eigenvalue weighted by atomic mass is 32.2. The summed E-state index contributed by atoms with van der Waals surface area (Å²) >= 11 is 1.82. The van der Waals surface area contributed by atoms with Gasteiger partial charge in [0.2, 0.25) is 0 Å². The summed E-state index contributed by atoms with van der Waals surface area (Å²) in [5.74, 6) is 2.01. The lowest BCUT2D eigenvalue weighted by Gasteiger charge is -2.05. The molecule has 3 heteroatoms. The Balaban J connectivity index is 1.87. The maximum Gasteiger partial charge on any atom is 0.185 e. The Kier molecular flexibility index (Phi) is 9.05. The second kappa shape index (κ2) is 11.6. The Bertz CT molecular complexity index is 687. The fourth-order valence-corrected chi connectivity index (χ4v) is 3.19. The maximum atomic E-state index is 12.3. The molecular weight excluding hydrogens is 340 g/mol. The van der Waals surface area contributed by atoms with E-state index in [1.165, 1.54) is 17.7 Å². The fourth-order valence-electron chi connectivity index (χ4n) is 2.42. The van der Waals surface area contributed by atoms with Crippen LogP contribution in [-0.4, -0.2) is 18.1 Å². The van der Waals surface area contributed by atoms with Crippen molar-refractivity contribution >= 4 is 23.6 Å². The van der Waals surface area contributed by atoms with Gasteiger partial charge in [-0.3, -0.25) is 4.79 Å². The predicted molar refractivity (Wildman–Crippen MR) is 112 cm³/mol. The molecule has 2 aromatic carbocycles. The van der Waals surface area contributed by atoms with Gasteiger partial charge in [0.1, 0.15) is 5.75 Å². The second-order valence-corrected chi connectivity index (χ2v) is 7.36. The predicted octanol–water partition coefficient (Wildman–Crippen LogP) is 6.65. The minimum Gasteiger partial charge on any atom is -0.494 e. The quantitative estimate of drug-likeness (QED) is 0.192. The van der Waals surface area contributed by atoms with Gasteiger partial charge < -0.3 is 4.74 Å². The third-order valence-electron chi connectivity index (χ3n) is 3.94. The molecule has 0 atom stereocenters. The van der Waals surface area contributed by atoms with Gasteiger partial charge in [0.25, 0.3) is 0 Å². The molecule has 2 aromatic rings. The van der Waals surface area contributed by atoms with E-state index in [9.17, 15) is 4.79 Å². The van der Waals surface area contributed by atoms with Crippen molar-refractivity contribution in [2.24, 2.45) is 0 Å². The van der Waals surface area contributed by atoms with Crippen molar-refractivity contribution in [1.29, 1.82) is 0 Å². The zero-order valence-corrected chi connectivity index (χ0v) is 16.6. The first-order valence-electron chi connectivity index (χ1n) is 9.41. The molecule has 0 heterocycles. The molecule has 0 aliphatic carbocycles. The molecule has 0 aliphatic rings. The zero-order valence-electron chi connectivity index (χ0n) is 15.7. The first-order valence-corrected chi connectivity index (χ1v) is 10.4. The molecule has 0 spiro atoms. The summed E-state index contributed by atoms with van der Waals surface area (Å²) in [7, 11) is 0. The van der Waals surface area contributed by atoms with Crippen LogP contribution in [0.2, 0.25) is 0 Å². The van der Waals surface area contributed by atoms with Gasteiger partial charge in [-0.05, 0) is 66.6 Å². The van der Waals surface area contributed by atoms with Crippen LogP contribution in [0, 0.1) is 0 Å². The van der Waals surface area contributed by atoms with Crippen LogP contribution in [0.4, 0.5) is 0 Å². The number of rotatable bonds is 11.